The van der Waals surface area contributed by atoms with Gasteiger partial charge in [0.25, 0.3) is 11.8 Å². The van der Waals surface area contributed by atoms with Crippen LogP contribution in [0.15, 0.2) is 79.0 Å². The second kappa shape index (κ2) is 7.75. The third-order valence-corrected chi connectivity index (χ3v) is 4.40. The number of hydrogen-bond acceptors (Lipinski definition) is 3. The number of amides is 2. The predicted molar refractivity (Wildman–Crippen MR) is 108 cm³/mol. The number of hydrogen-bond donors (Lipinski definition) is 3. The van der Waals surface area contributed by atoms with Gasteiger partial charge in [-0.15, -0.1) is 0 Å². The van der Waals surface area contributed by atoms with Crippen LogP contribution in [-0.2, 0) is 6.54 Å². The minimum atomic E-state index is -0.200. The highest BCUT2D eigenvalue weighted by Gasteiger charge is 2.12. The van der Waals surface area contributed by atoms with Gasteiger partial charge < -0.3 is 10.6 Å². The molecule has 4 rings (SSSR count). The Morgan fingerprint density at radius 2 is 1.71 bits per heavy atom. The van der Waals surface area contributed by atoms with Crippen LogP contribution in [0.1, 0.15) is 26.3 Å². The van der Waals surface area contributed by atoms with Gasteiger partial charge in [0.05, 0.1) is 17.3 Å². The highest BCUT2D eigenvalue weighted by molar-refractivity contribution is 6.05. The average Bonchev–Trinajstić information content (AvgIpc) is 3.22. The molecule has 6 nitrogen and oxygen atoms in total. The summed E-state index contributed by atoms with van der Waals surface area (Å²) in [6.07, 6.45) is 1.68. The number of nitrogens with zero attached hydrogens (tertiary/aromatic N) is 1. The van der Waals surface area contributed by atoms with E-state index in [1.807, 2.05) is 48.5 Å². The summed E-state index contributed by atoms with van der Waals surface area (Å²) in [7, 11) is 0. The first-order valence-corrected chi connectivity index (χ1v) is 8.86. The Morgan fingerprint density at radius 1 is 0.893 bits per heavy atom. The summed E-state index contributed by atoms with van der Waals surface area (Å²) in [5.74, 6) is -0.393. The van der Waals surface area contributed by atoms with Crippen LogP contribution in [0.4, 0.5) is 5.69 Å². The maximum absolute atomic E-state index is 12.6. The molecule has 0 radical (unpaired) electrons. The molecule has 0 atom stereocenters. The van der Waals surface area contributed by atoms with E-state index in [4.69, 9.17) is 0 Å². The Bertz CT molecular complexity index is 1140. The summed E-state index contributed by atoms with van der Waals surface area (Å²) in [6, 6.07) is 21.9. The van der Waals surface area contributed by atoms with Crippen molar-refractivity contribution in [2.45, 2.75) is 6.54 Å². The van der Waals surface area contributed by atoms with E-state index in [9.17, 15) is 9.59 Å². The Labute approximate surface area is 161 Å². The van der Waals surface area contributed by atoms with Crippen molar-refractivity contribution in [3.05, 3.63) is 95.7 Å². The first kappa shape index (κ1) is 17.5. The number of benzene rings is 3. The van der Waals surface area contributed by atoms with Gasteiger partial charge in [0, 0.05) is 23.2 Å². The third kappa shape index (κ3) is 3.76. The SMILES string of the molecule is O=C(Nc1ccccc1)c1cccc(CNC(=O)c2cccc3cn[nH]c23)c1. The van der Waals surface area contributed by atoms with E-state index >= 15 is 0 Å². The summed E-state index contributed by atoms with van der Waals surface area (Å²) in [5.41, 5.74) is 3.35. The molecule has 0 aliphatic heterocycles. The summed E-state index contributed by atoms with van der Waals surface area (Å²) < 4.78 is 0. The maximum Gasteiger partial charge on any atom is 0.255 e. The van der Waals surface area contributed by atoms with Crippen molar-refractivity contribution < 1.29 is 9.59 Å². The standard InChI is InChI=1S/C22H18N4O2/c27-21(25-18-9-2-1-3-10-18)16-7-4-6-15(12-16)13-23-22(28)19-11-5-8-17-14-24-26-20(17)19/h1-12,14H,13H2,(H,23,28)(H,24,26)(H,25,27). The van der Waals surface area contributed by atoms with E-state index in [0.29, 0.717) is 23.2 Å². The Kier molecular flexibility index (Phi) is 4.84. The molecular weight excluding hydrogens is 352 g/mol. The van der Waals surface area contributed by atoms with Crippen molar-refractivity contribution >= 4 is 28.4 Å². The smallest absolute Gasteiger partial charge is 0.255 e. The van der Waals surface area contributed by atoms with Crippen LogP contribution in [0.5, 0.6) is 0 Å². The zero-order valence-electron chi connectivity index (χ0n) is 15.0. The Balaban J connectivity index is 1.44. The minimum Gasteiger partial charge on any atom is -0.348 e. The van der Waals surface area contributed by atoms with Crippen LogP contribution in [0.3, 0.4) is 0 Å². The first-order chi connectivity index (χ1) is 13.7. The van der Waals surface area contributed by atoms with E-state index in [-0.39, 0.29) is 11.8 Å². The van der Waals surface area contributed by atoms with Crippen LogP contribution in [0, 0.1) is 0 Å². The van der Waals surface area contributed by atoms with Crippen molar-refractivity contribution in [1.82, 2.24) is 15.5 Å². The molecule has 6 heteroatoms. The Morgan fingerprint density at radius 3 is 2.57 bits per heavy atom. The fourth-order valence-corrected chi connectivity index (χ4v) is 2.98. The van der Waals surface area contributed by atoms with Gasteiger partial charge in [0.1, 0.15) is 0 Å². The van der Waals surface area contributed by atoms with E-state index in [1.54, 1.807) is 30.5 Å². The lowest BCUT2D eigenvalue weighted by Crippen LogP contribution is -2.23. The quantitative estimate of drug-likeness (QED) is 0.500. The van der Waals surface area contributed by atoms with E-state index < -0.39 is 0 Å². The summed E-state index contributed by atoms with van der Waals surface area (Å²) >= 11 is 0. The number of nitrogens with one attached hydrogen (secondary N) is 3. The van der Waals surface area contributed by atoms with Gasteiger partial charge in [-0.3, -0.25) is 14.7 Å². The van der Waals surface area contributed by atoms with Crippen LogP contribution in [0.2, 0.25) is 0 Å². The number of carbonyl (C=O) groups excluding carboxylic acids is 2. The van der Waals surface area contributed by atoms with Crippen molar-refractivity contribution in [2.75, 3.05) is 5.32 Å². The van der Waals surface area contributed by atoms with E-state index in [1.165, 1.54) is 0 Å². The number of H-pyrrole nitrogens is 1. The van der Waals surface area contributed by atoms with Gasteiger partial charge in [0.2, 0.25) is 0 Å². The second-order valence-electron chi connectivity index (χ2n) is 6.34. The van der Waals surface area contributed by atoms with Gasteiger partial charge in [-0.25, -0.2) is 0 Å². The van der Waals surface area contributed by atoms with Gasteiger partial charge in [-0.05, 0) is 35.9 Å². The number of para-hydroxylation sites is 2. The molecule has 0 spiro atoms. The maximum atomic E-state index is 12.6. The van der Waals surface area contributed by atoms with E-state index in [0.717, 1.165) is 16.6 Å². The number of fused-ring (bicyclic) bond motifs is 1. The number of carbonyl (C=O) groups is 2. The summed E-state index contributed by atoms with van der Waals surface area (Å²) in [6.45, 7) is 0.315. The van der Waals surface area contributed by atoms with Crippen molar-refractivity contribution in [2.24, 2.45) is 0 Å². The molecule has 138 valence electrons. The molecule has 0 unspecified atom stereocenters. The monoisotopic (exact) mass is 370 g/mol. The van der Waals surface area contributed by atoms with Crippen molar-refractivity contribution in [3.8, 4) is 0 Å². The zero-order chi connectivity index (χ0) is 19.3. The van der Waals surface area contributed by atoms with E-state index in [2.05, 4.69) is 20.8 Å². The molecule has 1 aromatic heterocycles. The van der Waals surface area contributed by atoms with Crippen LogP contribution in [0.25, 0.3) is 10.9 Å². The molecule has 2 amide bonds. The van der Waals surface area contributed by atoms with Gasteiger partial charge in [0.15, 0.2) is 0 Å². The molecule has 0 aliphatic carbocycles. The average molecular weight is 370 g/mol. The zero-order valence-corrected chi connectivity index (χ0v) is 15.0. The molecule has 0 fully saturated rings. The molecule has 1 heterocycles. The van der Waals surface area contributed by atoms with Gasteiger partial charge in [-0.2, -0.15) is 5.10 Å². The largest absolute Gasteiger partial charge is 0.348 e. The Hall–Kier alpha value is -3.93. The molecule has 0 aliphatic rings. The molecule has 0 saturated heterocycles. The lowest BCUT2D eigenvalue weighted by molar-refractivity contribution is 0.0952. The molecule has 0 saturated carbocycles. The minimum absolute atomic E-state index is 0.193. The molecule has 3 aromatic carbocycles. The molecule has 0 bridgehead atoms. The van der Waals surface area contributed by atoms with Crippen molar-refractivity contribution in [1.29, 1.82) is 0 Å². The van der Waals surface area contributed by atoms with Gasteiger partial charge in [-0.1, -0.05) is 42.5 Å². The number of rotatable bonds is 5. The van der Waals surface area contributed by atoms with Crippen LogP contribution in [-0.4, -0.2) is 22.0 Å². The predicted octanol–water partition coefficient (Wildman–Crippen LogP) is 3.75. The lowest BCUT2D eigenvalue weighted by atomic mass is 10.1. The topological polar surface area (TPSA) is 86.9 Å². The summed E-state index contributed by atoms with van der Waals surface area (Å²) in [4.78, 5) is 25.0. The third-order valence-electron chi connectivity index (χ3n) is 4.40. The number of aromatic nitrogens is 2. The van der Waals surface area contributed by atoms with Crippen LogP contribution < -0.4 is 10.6 Å². The fourth-order valence-electron chi connectivity index (χ4n) is 2.98. The van der Waals surface area contributed by atoms with Gasteiger partial charge >= 0.3 is 0 Å². The molecule has 3 N–H and O–H groups in total. The fraction of sp³-hybridized carbons (Fsp3) is 0.0455. The molecule has 4 aromatic rings. The highest BCUT2D eigenvalue weighted by atomic mass is 16.2. The number of aromatic amines is 1. The normalized spacial score (nSPS) is 10.6. The van der Waals surface area contributed by atoms with Crippen LogP contribution >= 0.6 is 0 Å². The van der Waals surface area contributed by atoms with Crippen molar-refractivity contribution in [3.63, 3.8) is 0 Å². The number of anilines is 1. The molecular formula is C22H18N4O2. The first-order valence-electron chi connectivity index (χ1n) is 8.86. The lowest BCUT2D eigenvalue weighted by Gasteiger charge is -2.09. The second-order valence-corrected chi connectivity index (χ2v) is 6.34. The summed E-state index contributed by atoms with van der Waals surface area (Å²) in [5, 5.41) is 13.5. The molecule has 28 heavy (non-hydrogen) atoms. The highest BCUT2D eigenvalue weighted by Crippen LogP contribution is 2.16.